The molecule has 5 nitrogen and oxygen atoms in total. The first-order valence-electron chi connectivity index (χ1n) is 6.28. The van der Waals surface area contributed by atoms with Crippen molar-refractivity contribution >= 4 is 22.7 Å². The molecule has 1 saturated heterocycles. The van der Waals surface area contributed by atoms with Crippen LogP contribution >= 0.6 is 0 Å². The lowest BCUT2D eigenvalue weighted by molar-refractivity contribution is -0.144. The highest BCUT2D eigenvalue weighted by molar-refractivity contribution is 5.94. The summed E-state index contributed by atoms with van der Waals surface area (Å²) >= 11 is 0. The molecular weight excluding hydrogens is 242 g/mol. The number of amides is 2. The van der Waals surface area contributed by atoms with E-state index in [1.807, 2.05) is 30.5 Å². The van der Waals surface area contributed by atoms with Gasteiger partial charge in [0.15, 0.2) is 0 Å². The van der Waals surface area contributed by atoms with E-state index >= 15 is 0 Å². The van der Waals surface area contributed by atoms with Crippen molar-refractivity contribution in [3.63, 3.8) is 0 Å². The van der Waals surface area contributed by atoms with Gasteiger partial charge in [-0.25, -0.2) is 0 Å². The number of hydrogen-bond acceptors (Lipinski definition) is 2. The molecule has 1 aromatic heterocycles. The monoisotopic (exact) mass is 257 g/mol. The molecule has 19 heavy (non-hydrogen) atoms. The van der Waals surface area contributed by atoms with Crippen molar-refractivity contribution in [1.29, 1.82) is 0 Å². The number of H-pyrrole nitrogens is 1. The highest BCUT2D eigenvalue weighted by Gasteiger charge is 2.29. The fourth-order valence-electron chi connectivity index (χ4n) is 2.48. The number of benzene rings is 1. The van der Waals surface area contributed by atoms with E-state index in [9.17, 15) is 9.59 Å². The maximum Gasteiger partial charge on any atom is 0.245 e. The first-order valence-corrected chi connectivity index (χ1v) is 6.28. The van der Waals surface area contributed by atoms with E-state index in [1.54, 1.807) is 11.8 Å². The second-order valence-electron chi connectivity index (χ2n) is 4.84. The van der Waals surface area contributed by atoms with Crippen LogP contribution in [0, 0.1) is 0 Å². The van der Waals surface area contributed by atoms with Gasteiger partial charge in [0, 0.05) is 23.6 Å². The van der Waals surface area contributed by atoms with Gasteiger partial charge in [0.05, 0.1) is 6.54 Å². The summed E-state index contributed by atoms with van der Waals surface area (Å²) in [6, 6.07) is 7.49. The first kappa shape index (κ1) is 11.8. The van der Waals surface area contributed by atoms with Gasteiger partial charge in [-0.3, -0.25) is 9.59 Å². The summed E-state index contributed by atoms with van der Waals surface area (Å²) in [5, 5.41) is 3.73. The maximum atomic E-state index is 12.0. The molecule has 1 aliphatic heterocycles. The van der Waals surface area contributed by atoms with Crippen molar-refractivity contribution in [2.45, 2.75) is 19.5 Å². The minimum absolute atomic E-state index is 0.0371. The van der Waals surface area contributed by atoms with E-state index in [-0.39, 0.29) is 18.4 Å². The molecule has 98 valence electrons. The van der Waals surface area contributed by atoms with Crippen LogP contribution in [0.2, 0.25) is 0 Å². The molecule has 2 amide bonds. The Morgan fingerprint density at radius 1 is 1.32 bits per heavy atom. The first-order chi connectivity index (χ1) is 9.15. The van der Waals surface area contributed by atoms with Crippen LogP contribution in [0.1, 0.15) is 12.5 Å². The lowest BCUT2D eigenvalue weighted by Crippen LogP contribution is -2.56. The fraction of sp³-hybridized carbons (Fsp3) is 0.286. The van der Waals surface area contributed by atoms with Crippen LogP contribution in [-0.4, -0.2) is 34.3 Å². The number of nitrogens with zero attached hydrogens (tertiary/aromatic N) is 1. The number of nitrogens with one attached hydrogen (secondary N) is 2. The van der Waals surface area contributed by atoms with Crippen LogP contribution in [0.3, 0.4) is 0 Å². The topological polar surface area (TPSA) is 65.2 Å². The second-order valence-corrected chi connectivity index (χ2v) is 4.84. The minimum atomic E-state index is -0.438. The van der Waals surface area contributed by atoms with E-state index < -0.39 is 6.04 Å². The number of para-hydroxylation sites is 1. The van der Waals surface area contributed by atoms with E-state index in [0.29, 0.717) is 6.54 Å². The Kier molecular flexibility index (Phi) is 2.74. The zero-order chi connectivity index (χ0) is 13.4. The number of carbonyl (C=O) groups excluding carboxylic acids is 2. The quantitative estimate of drug-likeness (QED) is 0.843. The van der Waals surface area contributed by atoms with E-state index in [4.69, 9.17) is 0 Å². The molecule has 0 radical (unpaired) electrons. The van der Waals surface area contributed by atoms with E-state index in [2.05, 4.69) is 10.3 Å². The van der Waals surface area contributed by atoms with Gasteiger partial charge in [0.1, 0.15) is 6.04 Å². The van der Waals surface area contributed by atoms with Gasteiger partial charge in [-0.2, -0.15) is 0 Å². The molecule has 0 aliphatic carbocycles. The number of aromatic amines is 1. The lowest BCUT2D eigenvalue weighted by Gasteiger charge is -2.30. The third-order valence-electron chi connectivity index (χ3n) is 3.43. The summed E-state index contributed by atoms with van der Waals surface area (Å²) in [5.41, 5.74) is 2.07. The Morgan fingerprint density at radius 3 is 2.95 bits per heavy atom. The van der Waals surface area contributed by atoms with E-state index in [0.717, 1.165) is 16.5 Å². The molecule has 3 rings (SSSR count). The molecule has 0 spiro atoms. The minimum Gasteiger partial charge on any atom is -0.361 e. The van der Waals surface area contributed by atoms with Gasteiger partial charge in [-0.1, -0.05) is 18.2 Å². The summed E-state index contributed by atoms with van der Waals surface area (Å²) in [7, 11) is 0. The predicted octanol–water partition coefficient (Wildman–Crippen LogP) is 1.01. The highest BCUT2D eigenvalue weighted by Crippen LogP contribution is 2.20. The predicted molar refractivity (Wildman–Crippen MR) is 71.3 cm³/mol. The van der Waals surface area contributed by atoms with Crippen LogP contribution in [0.25, 0.3) is 10.9 Å². The number of carbonyl (C=O) groups is 2. The molecule has 1 atom stereocenters. The second kappa shape index (κ2) is 4.42. The zero-order valence-corrected chi connectivity index (χ0v) is 10.6. The zero-order valence-electron chi connectivity index (χ0n) is 10.6. The van der Waals surface area contributed by atoms with Crippen molar-refractivity contribution in [2.75, 3.05) is 6.54 Å². The largest absolute Gasteiger partial charge is 0.361 e. The summed E-state index contributed by atoms with van der Waals surface area (Å²) < 4.78 is 0. The molecule has 2 heterocycles. The van der Waals surface area contributed by atoms with Gasteiger partial charge in [0.25, 0.3) is 0 Å². The summed E-state index contributed by atoms with van der Waals surface area (Å²) in [6.07, 6.45) is 1.90. The molecule has 1 aromatic carbocycles. The van der Waals surface area contributed by atoms with Gasteiger partial charge >= 0.3 is 0 Å². The van der Waals surface area contributed by atoms with Crippen molar-refractivity contribution in [2.24, 2.45) is 0 Å². The molecule has 5 heteroatoms. The van der Waals surface area contributed by atoms with Crippen LogP contribution in [0.4, 0.5) is 0 Å². The van der Waals surface area contributed by atoms with Crippen LogP contribution in [0.15, 0.2) is 30.5 Å². The molecule has 1 fully saturated rings. The molecule has 0 saturated carbocycles. The Bertz CT molecular complexity index is 647. The van der Waals surface area contributed by atoms with Gasteiger partial charge < -0.3 is 15.2 Å². The third-order valence-corrected chi connectivity index (χ3v) is 3.43. The van der Waals surface area contributed by atoms with Gasteiger partial charge in [0.2, 0.25) is 11.8 Å². The highest BCUT2D eigenvalue weighted by atomic mass is 16.2. The molecule has 0 bridgehead atoms. The molecular formula is C14H15N3O2. The third kappa shape index (κ3) is 2.07. The Hall–Kier alpha value is -2.30. The van der Waals surface area contributed by atoms with Crippen LogP contribution < -0.4 is 5.32 Å². The van der Waals surface area contributed by atoms with Gasteiger partial charge in [-0.05, 0) is 18.6 Å². The molecule has 0 unspecified atom stereocenters. The number of rotatable bonds is 2. The Morgan fingerprint density at radius 2 is 2.11 bits per heavy atom. The molecule has 2 N–H and O–H groups in total. The van der Waals surface area contributed by atoms with Gasteiger partial charge in [-0.15, -0.1) is 0 Å². The van der Waals surface area contributed by atoms with Crippen molar-refractivity contribution < 1.29 is 9.59 Å². The normalized spacial score (nSPS) is 19.8. The van der Waals surface area contributed by atoms with Crippen LogP contribution in [0.5, 0.6) is 0 Å². The number of piperazine rings is 1. The summed E-state index contributed by atoms with van der Waals surface area (Å²) in [6.45, 7) is 2.30. The molecule has 1 aliphatic rings. The molecule has 2 aromatic rings. The lowest BCUT2D eigenvalue weighted by atomic mass is 10.1. The number of aromatic nitrogens is 1. The summed E-state index contributed by atoms with van der Waals surface area (Å²) in [4.78, 5) is 28.3. The Labute approximate surface area is 110 Å². The smallest absolute Gasteiger partial charge is 0.245 e. The fourth-order valence-corrected chi connectivity index (χ4v) is 2.48. The number of fused-ring (bicyclic) bond motifs is 1. The average molecular weight is 257 g/mol. The SMILES string of the molecule is C[C@@H]1NC(=O)CN(Cc2c[nH]c3ccccc23)C1=O. The standard InChI is InChI=1S/C14H15N3O2/c1-9-14(19)17(8-13(18)16-9)7-10-6-15-12-5-3-2-4-11(10)12/h2-6,9,15H,7-8H2,1H3,(H,16,18)/t9-/m0/s1. The Balaban J connectivity index is 1.88. The average Bonchev–Trinajstić information content (AvgIpc) is 2.79. The number of hydrogen-bond donors (Lipinski definition) is 2. The van der Waals surface area contributed by atoms with Crippen molar-refractivity contribution in [1.82, 2.24) is 15.2 Å². The van der Waals surface area contributed by atoms with Crippen LogP contribution in [-0.2, 0) is 16.1 Å². The van der Waals surface area contributed by atoms with Crippen molar-refractivity contribution in [3.05, 3.63) is 36.0 Å². The van der Waals surface area contributed by atoms with Crippen molar-refractivity contribution in [3.8, 4) is 0 Å². The summed E-state index contributed by atoms with van der Waals surface area (Å²) in [5.74, 6) is -0.142. The van der Waals surface area contributed by atoms with E-state index in [1.165, 1.54) is 0 Å². The maximum absolute atomic E-state index is 12.0.